The molecular formula is C19H26N2O3. The highest BCUT2D eigenvalue weighted by Gasteiger charge is 2.45. The summed E-state index contributed by atoms with van der Waals surface area (Å²) in [6, 6.07) is 5.67. The molecule has 1 aromatic rings. The SMILES string of the molecule is Cc1ccc(C)c(N2C(=O)C[C@H](N3CCCC[C@H]3CCO)C2=O)c1. The van der Waals surface area contributed by atoms with Crippen molar-refractivity contribution in [2.75, 3.05) is 18.1 Å². The van der Waals surface area contributed by atoms with E-state index in [0.717, 1.165) is 36.9 Å². The van der Waals surface area contributed by atoms with Crippen LogP contribution in [0.1, 0.15) is 43.2 Å². The Hall–Kier alpha value is -1.72. The molecule has 2 atom stereocenters. The van der Waals surface area contributed by atoms with Crippen molar-refractivity contribution in [2.45, 2.75) is 58.0 Å². The molecule has 2 saturated heterocycles. The van der Waals surface area contributed by atoms with Crippen molar-refractivity contribution in [2.24, 2.45) is 0 Å². The van der Waals surface area contributed by atoms with Crippen molar-refractivity contribution in [3.05, 3.63) is 29.3 Å². The minimum atomic E-state index is -0.380. The zero-order valence-electron chi connectivity index (χ0n) is 14.5. The fourth-order valence-electron chi connectivity index (χ4n) is 3.98. The van der Waals surface area contributed by atoms with Crippen molar-refractivity contribution < 1.29 is 14.7 Å². The normalized spacial score (nSPS) is 25.5. The largest absolute Gasteiger partial charge is 0.396 e. The number of likely N-dealkylation sites (tertiary alicyclic amines) is 1. The second-order valence-corrected chi connectivity index (χ2v) is 6.98. The average molecular weight is 330 g/mol. The molecule has 130 valence electrons. The number of anilines is 1. The molecule has 2 heterocycles. The van der Waals surface area contributed by atoms with Gasteiger partial charge in [0.05, 0.1) is 18.2 Å². The number of hydrogen-bond acceptors (Lipinski definition) is 4. The van der Waals surface area contributed by atoms with Crippen LogP contribution >= 0.6 is 0 Å². The standard InChI is InChI=1S/C19H26N2O3/c1-13-6-7-14(2)16(11-13)21-18(23)12-17(19(21)24)20-9-4-3-5-15(20)8-10-22/h6-7,11,15,17,22H,3-5,8-10,12H2,1-2H3/t15-,17-/m0/s1. The number of nitrogens with zero attached hydrogens (tertiary/aromatic N) is 2. The lowest BCUT2D eigenvalue weighted by molar-refractivity contribution is -0.124. The number of benzene rings is 1. The van der Waals surface area contributed by atoms with Gasteiger partial charge in [0, 0.05) is 12.6 Å². The third-order valence-electron chi connectivity index (χ3n) is 5.26. The number of carbonyl (C=O) groups is 2. The van der Waals surface area contributed by atoms with Crippen LogP contribution in [0.15, 0.2) is 18.2 Å². The van der Waals surface area contributed by atoms with Crippen LogP contribution in [-0.2, 0) is 9.59 Å². The van der Waals surface area contributed by atoms with Gasteiger partial charge in [0.2, 0.25) is 5.91 Å². The summed E-state index contributed by atoms with van der Waals surface area (Å²) in [6.07, 6.45) is 4.07. The van der Waals surface area contributed by atoms with Gasteiger partial charge < -0.3 is 5.11 Å². The zero-order chi connectivity index (χ0) is 17.3. The van der Waals surface area contributed by atoms with E-state index in [0.29, 0.717) is 12.1 Å². The van der Waals surface area contributed by atoms with E-state index in [-0.39, 0.29) is 36.9 Å². The van der Waals surface area contributed by atoms with E-state index < -0.39 is 0 Å². The molecule has 0 unspecified atom stereocenters. The molecule has 1 aromatic carbocycles. The van der Waals surface area contributed by atoms with E-state index >= 15 is 0 Å². The third-order valence-corrected chi connectivity index (χ3v) is 5.26. The predicted molar refractivity (Wildman–Crippen MR) is 92.9 cm³/mol. The lowest BCUT2D eigenvalue weighted by atomic mass is 9.97. The topological polar surface area (TPSA) is 60.9 Å². The number of aliphatic hydroxyl groups is 1. The fourth-order valence-corrected chi connectivity index (χ4v) is 3.98. The first kappa shape index (κ1) is 17.1. The van der Waals surface area contributed by atoms with Crippen molar-refractivity contribution in [1.82, 2.24) is 4.90 Å². The summed E-state index contributed by atoms with van der Waals surface area (Å²) in [5.41, 5.74) is 2.69. The van der Waals surface area contributed by atoms with Gasteiger partial charge in [-0.05, 0) is 56.8 Å². The van der Waals surface area contributed by atoms with E-state index in [4.69, 9.17) is 0 Å². The molecule has 5 heteroatoms. The van der Waals surface area contributed by atoms with E-state index in [1.165, 1.54) is 4.90 Å². The Bertz CT molecular complexity index is 641. The number of hydrogen-bond donors (Lipinski definition) is 1. The van der Waals surface area contributed by atoms with E-state index in [2.05, 4.69) is 4.90 Å². The molecule has 5 nitrogen and oxygen atoms in total. The Morgan fingerprint density at radius 3 is 2.75 bits per heavy atom. The Kier molecular flexibility index (Phi) is 5.01. The monoisotopic (exact) mass is 330 g/mol. The first-order chi connectivity index (χ1) is 11.5. The molecular weight excluding hydrogens is 304 g/mol. The summed E-state index contributed by atoms with van der Waals surface area (Å²) in [7, 11) is 0. The molecule has 2 aliphatic heterocycles. The maximum Gasteiger partial charge on any atom is 0.251 e. The first-order valence-electron chi connectivity index (χ1n) is 8.83. The lowest BCUT2D eigenvalue weighted by Gasteiger charge is -2.38. The van der Waals surface area contributed by atoms with Gasteiger partial charge in [0.25, 0.3) is 5.91 Å². The van der Waals surface area contributed by atoms with Crippen LogP contribution in [0.25, 0.3) is 0 Å². The highest BCUT2D eigenvalue weighted by atomic mass is 16.3. The molecule has 3 rings (SSSR count). The second-order valence-electron chi connectivity index (χ2n) is 6.98. The van der Waals surface area contributed by atoms with Crippen molar-refractivity contribution in [1.29, 1.82) is 0 Å². The van der Waals surface area contributed by atoms with Crippen LogP contribution in [-0.4, -0.2) is 47.1 Å². The van der Waals surface area contributed by atoms with Gasteiger partial charge in [-0.15, -0.1) is 0 Å². The number of rotatable bonds is 4. The lowest BCUT2D eigenvalue weighted by Crippen LogP contribution is -2.50. The van der Waals surface area contributed by atoms with Crippen LogP contribution in [0.3, 0.4) is 0 Å². The Morgan fingerprint density at radius 1 is 1.21 bits per heavy atom. The Balaban J connectivity index is 1.87. The molecule has 0 aliphatic carbocycles. The second kappa shape index (κ2) is 7.03. The van der Waals surface area contributed by atoms with Gasteiger partial charge >= 0.3 is 0 Å². The average Bonchev–Trinajstić information content (AvgIpc) is 2.85. The van der Waals surface area contributed by atoms with Crippen LogP contribution in [0, 0.1) is 13.8 Å². The summed E-state index contributed by atoms with van der Waals surface area (Å²) in [6.45, 7) is 4.84. The van der Waals surface area contributed by atoms with Gasteiger partial charge in [-0.3, -0.25) is 14.5 Å². The van der Waals surface area contributed by atoms with Crippen LogP contribution < -0.4 is 4.90 Å². The molecule has 2 amide bonds. The highest BCUT2D eigenvalue weighted by molar-refractivity contribution is 6.22. The quantitative estimate of drug-likeness (QED) is 0.860. The number of amides is 2. The van der Waals surface area contributed by atoms with Crippen LogP contribution in [0.5, 0.6) is 0 Å². The molecule has 0 radical (unpaired) electrons. The van der Waals surface area contributed by atoms with Crippen LogP contribution in [0.2, 0.25) is 0 Å². The van der Waals surface area contributed by atoms with Gasteiger partial charge in [-0.2, -0.15) is 0 Å². The van der Waals surface area contributed by atoms with E-state index in [1.807, 2.05) is 32.0 Å². The molecule has 0 bridgehead atoms. The molecule has 2 fully saturated rings. The molecule has 0 aromatic heterocycles. The van der Waals surface area contributed by atoms with Crippen molar-refractivity contribution >= 4 is 17.5 Å². The summed E-state index contributed by atoms with van der Waals surface area (Å²) in [4.78, 5) is 29.2. The third kappa shape index (κ3) is 3.10. The molecule has 1 N–H and O–H groups in total. The molecule has 2 aliphatic rings. The van der Waals surface area contributed by atoms with Gasteiger partial charge in [0.1, 0.15) is 0 Å². The maximum absolute atomic E-state index is 13.0. The minimum Gasteiger partial charge on any atom is -0.396 e. The molecule has 0 spiro atoms. The first-order valence-corrected chi connectivity index (χ1v) is 8.83. The Morgan fingerprint density at radius 2 is 2.00 bits per heavy atom. The number of aryl methyl sites for hydroxylation is 2. The van der Waals surface area contributed by atoms with Gasteiger partial charge in [-0.25, -0.2) is 4.90 Å². The summed E-state index contributed by atoms with van der Waals surface area (Å²) in [5, 5.41) is 9.30. The van der Waals surface area contributed by atoms with Gasteiger partial charge in [0.15, 0.2) is 0 Å². The fraction of sp³-hybridized carbons (Fsp3) is 0.579. The Labute approximate surface area is 143 Å². The molecule has 24 heavy (non-hydrogen) atoms. The maximum atomic E-state index is 13.0. The minimum absolute atomic E-state index is 0.112. The highest BCUT2D eigenvalue weighted by Crippen LogP contribution is 2.32. The predicted octanol–water partition coefficient (Wildman–Crippen LogP) is 2.17. The van der Waals surface area contributed by atoms with Gasteiger partial charge in [-0.1, -0.05) is 18.6 Å². The summed E-state index contributed by atoms with van der Waals surface area (Å²) in [5.74, 6) is -0.231. The summed E-state index contributed by atoms with van der Waals surface area (Å²) >= 11 is 0. The summed E-state index contributed by atoms with van der Waals surface area (Å²) < 4.78 is 0. The smallest absolute Gasteiger partial charge is 0.251 e. The van der Waals surface area contributed by atoms with E-state index in [1.54, 1.807) is 0 Å². The van der Waals surface area contributed by atoms with Crippen LogP contribution in [0.4, 0.5) is 5.69 Å². The number of carbonyl (C=O) groups excluding carboxylic acids is 2. The zero-order valence-corrected chi connectivity index (χ0v) is 14.5. The van der Waals surface area contributed by atoms with Crippen molar-refractivity contribution in [3.8, 4) is 0 Å². The number of aliphatic hydroxyl groups excluding tert-OH is 1. The van der Waals surface area contributed by atoms with E-state index in [9.17, 15) is 14.7 Å². The van der Waals surface area contributed by atoms with Crippen molar-refractivity contribution in [3.63, 3.8) is 0 Å². The number of piperidine rings is 1. The molecule has 0 saturated carbocycles. The number of imide groups is 1.